The van der Waals surface area contributed by atoms with Crippen LogP contribution < -0.4 is 18.9 Å². The van der Waals surface area contributed by atoms with Gasteiger partial charge in [0.15, 0.2) is 28.8 Å². The zero-order chi connectivity index (χ0) is 23.8. The van der Waals surface area contributed by atoms with Crippen molar-refractivity contribution in [2.75, 3.05) is 66.7 Å². The molecule has 0 N–H and O–H groups in total. The van der Waals surface area contributed by atoms with Gasteiger partial charge in [-0.2, -0.15) is 0 Å². The second-order valence-corrected chi connectivity index (χ2v) is 8.85. The Bertz CT molecular complexity index is 877. The molecule has 0 aliphatic carbocycles. The molecular weight excluding hydrogens is 432 g/mol. The summed E-state index contributed by atoms with van der Waals surface area (Å²) in [6, 6.07) is 10.7. The van der Waals surface area contributed by atoms with E-state index >= 15 is 0 Å². The molecule has 0 saturated carbocycles. The summed E-state index contributed by atoms with van der Waals surface area (Å²) in [4.78, 5) is 18.0. The van der Waals surface area contributed by atoms with Gasteiger partial charge in [0.1, 0.15) is 13.2 Å². The van der Waals surface area contributed by atoms with Crippen LogP contribution in [0.1, 0.15) is 41.6 Å². The van der Waals surface area contributed by atoms with Gasteiger partial charge in [-0.25, -0.2) is 0 Å². The third kappa shape index (κ3) is 6.21. The number of rotatable bonds is 12. The van der Waals surface area contributed by atoms with Crippen LogP contribution in [0.5, 0.6) is 23.0 Å². The van der Waals surface area contributed by atoms with E-state index in [-0.39, 0.29) is 5.78 Å². The quantitative estimate of drug-likeness (QED) is 0.438. The summed E-state index contributed by atoms with van der Waals surface area (Å²) in [5, 5.41) is 0. The molecule has 0 aromatic heterocycles. The Kier molecular flexibility index (Phi) is 8.66. The van der Waals surface area contributed by atoms with Crippen LogP contribution in [0.3, 0.4) is 0 Å². The Hall–Kier alpha value is -2.77. The number of benzene rings is 2. The lowest BCUT2D eigenvalue weighted by Gasteiger charge is -2.17. The first kappa shape index (κ1) is 24.4. The molecule has 0 spiro atoms. The molecule has 2 aromatic rings. The Balaban J connectivity index is 1.38. The largest absolute Gasteiger partial charge is 0.493 e. The lowest BCUT2D eigenvalue weighted by atomic mass is 10.0. The van der Waals surface area contributed by atoms with Crippen LogP contribution in [0.15, 0.2) is 36.4 Å². The summed E-state index contributed by atoms with van der Waals surface area (Å²) in [5.74, 6) is 2.31. The third-order valence-electron chi connectivity index (χ3n) is 6.58. The Morgan fingerprint density at radius 3 is 1.47 bits per heavy atom. The van der Waals surface area contributed by atoms with Crippen molar-refractivity contribution in [3.8, 4) is 23.0 Å². The van der Waals surface area contributed by atoms with Crippen LogP contribution in [0, 0.1) is 0 Å². The van der Waals surface area contributed by atoms with Gasteiger partial charge < -0.3 is 18.9 Å². The van der Waals surface area contributed by atoms with Crippen LogP contribution >= 0.6 is 0 Å². The van der Waals surface area contributed by atoms with Crippen LogP contribution in [0.4, 0.5) is 0 Å². The van der Waals surface area contributed by atoms with Gasteiger partial charge >= 0.3 is 0 Å². The highest BCUT2D eigenvalue weighted by molar-refractivity contribution is 6.09. The van der Waals surface area contributed by atoms with Crippen LogP contribution in [0.2, 0.25) is 0 Å². The summed E-state index contributed by atoms with van der Waals surface area (Å²) in [6.45, 7) is 7.55. The normalized spacial score (nSPS) is 16.5. The van der Waals surface area contributed by atoms with Gasteiger partial charge in [0.2, 0.25) is 0 Å². The van der Waals surface area contributed by atoms with Crippen LogP contribution in [-0.2, 0) is 0 Å². The topological polar surface area (TPSA) is 60.5 Å². The molecule has 2 heterocycles. The number of carbonyl (C=O) groups is 1. The van der Waals surface area contributed by atoms with Gasteiger partial charge in [-0.05, 0) is 88.3 Å². The maximum atomic E-state index is 13.2. The molecule has 7 heteroatoms. The summed E-state index contributed by atoms with van der Waals surface area (Å²) in [7, 11) is 3.18. The Labute approximate surface area is 202 Å². The van der Waals surface area contributed by atoms with Gasteiger partial charge in [-0.1, -0.05) is 0 Å². The standard InChI is InChI=1S/C27H36N2O5/c1-31-25-19-21(7-9-23(25)33-17-15-28-11-3-4-12-28)27(30)22-8-10-24(26(20-22)32-2)34-18-16-29-13-5-6-14-29/h7-10,19-20H,3-6,11-18H2,1-2H3. The summed E-state index contributed by atoms with van der Waals surface area (Å²) in [5.41, 5.74) is 1.07. The fraction of sp³-hybridized carbons (Fsp3) is 0.519. The fourth-order valence-corrected chi connectivity index (χ4v) is 4.60. The molecule has 2 fully saturated rings. The zero-order valence-corrected chi connectivity index (χ0v) is 20.4. The number of nitrogens with zero attached hydrogens (tertiary/aromatic N) is 2. The summed E-state index contributed by atoms with van der Waals surface area (Å²) in [6.07, 6.45) is 5.04. The molecule has 0 amide bonds. The lowest BCUT2D eigenvalue weighted by Crippen LogP contribution is -2.25. The van der Waals surface area contributed by atoms with Crippen molar-refractivity contribution in [3.05, 3.63) is 47.5 Å². The van der Waals surface area contributed by atoms with Gasteiger partial charge in [-0.15, -0.1) is 0 Å². The molecule has 0 bridgehead atoms. The second-order valence-electron chi connectivity index (χ2n) is 8.85. The molecule has 0 unspecified atom stereocenters. The minimum atomic E-state index is -0.108. The lowest BCUT2D eigenvalue weighted by molar-refractivity contribution is 0.103. The van der Waals surface area contributed by atoms with E-state index in [1.54, 1.807) is 38.5 Å². The van der Waals surface area contributed by atoms with Crippen molar-refractivity contribution in [1.29, 1.82) is 0 Å². The average molecular weight is 469 g/mol. The molecule has 2 aliphatic rings. The van der Waals surface area contributed by atoms with Crippen molar-refractivity contribution >= 4 is 5.78 Å². The second kappa shape index (κ2) is 12.1. The number of ether oxygens (including phenoxy) is 4. The highest BCUT2D eigenvalue weighted by Gasteiger charge is 2.17. The van der Waals surface area contributed by atoms with Gasteiger partial charge in [0.05, 0.1) is 14.2 Å². The van der Waals surface area contributed by atoms with E-state index in [9.17, 15) is 4.79 Å². The van der Waals surface area contributed by atoms with Crippen molar-refractivity contribution < 1.29 is 23.7 Å². The molecular formula is C27H36N2O5. The SMILES string of the molecule is COc1cc(C(=O)c2ccc(OCCN3CCCC3)c(OC)c2)ccc1OCCN1CCCC1. The molecule has 34 heavy (non-hydrogen) atoms. The third-order valence-corrected chi connectivity index (χ3v) is 6.58. The number of hydrogen-bond donors (Lipinski definition) is 0. The molecule has 2 aromatic carbocycles. The van der Waals surface area contributed by atoms with Crippen molar-refractivity contribution in [1.82, 2.24) is 9.80 Å². The molecule has 7 nitrogen and oxygen atoms in total. The molecule has 2 aliphatic heterocycles. The molecule has 184 valence electrons. The van der Waals surface area contributed by atoms with Crippen LogP contribution in [-0.4, -0.2) is 82.3 Å². The number of methoxy groups -OCH3 is 2. The van der Waals surface area contributed by atoms with Crippen molar-refractivity contribution in [3.63, 3.8) is 0 Å². The summed E-state index contributed by atoms with van der Waals surface area (Å²) < 4.78 is 22.9. The predicted octanol–water partition coefficient (Wildman–Crippen LogP) is 3.88. The smallest absolute Gasteiger partial charge is 0.193 e. The molecule has 4 rings (SSSR count). The number of ketones is 1. The van der Waals surface area contributed by atoms with E-state index in [1.807, 2.05) is 12.1 Å². The maximum absolute atomic E-state index is 13.2. The molecule has 2 saturated heterocycles. The maximum Gasteiger partial charge on any atom is 0.193 e. The van der Waals surface area contributed by atoms with Gasteiger partial charge in [0.25, 0.3) is 0 Å². The minimum absolute atomic E-state index is 0.108. The first-order valence-corrected chi connectivity index (χ1v) is 12.3. The van der Waals surface area contributed by atoms with E-state index in [2.05, 4.69) is 9.80 Å². The number of carbonyl (C=O) groups excluding carboxylic acids is 1. The Morgan fingerprint density at radius 1 is 0.676 bits per heavy atom. The van der Waals surface area contributed by atoms with Gasteiger partial charge in [-0.3, -0.25) is 14.6 Å². The Morgan fingerprint density at radius 2 is 1.09 bits per heavy atom. The zero-order valence-electron chi connectivity index (χ0n) is 20.4. The number of likely N-dealkylation sites (tertiary alicyclic amines) is 2. The van der Waals surface area contributed by atoms with E-state index in [1.165, 1.54) is 25.7 Å². The molecule has 0 radical (unpaired) electrons. The molecule has 0 atom stereocenters. The van der Waals surface area contributed by atoms with Crippen molar-refractivity contribution in [2.24, 2.45) is 0 Å². The highest BCUT2D eigenvalue weighted by atomic mass is 16.5. The predicted molar refractivity (Wildman–Crippen MR) is 132 cm³/mol. The number of hydrogen-bond acceptors (Lipinski definition) is 7. The minimum Gasteiger partial charge on any atom is -0.493 e. The monoisotopic (exact) mass is 468 g/mol. The average Bonchev–Trinajstić information content (AvgIpc) is 3.58. The fourth-order valence-electron chi connectivity index (χ4n) is 4.60. The van der Waals surface area contributed by atoms with Crippen LogP contribution in [0.25, 0.3) is 0 Å². The van der Waals surface area contributed by atoms with E-state index in [4.69, 9.17) is 18.9 Å². The highest BCUT2D eigenvalue weighted by Crippen LogP contribution is 2.32. The first-order chi connectivity index (χ1) is 16.7. The van der Waals surface area contributed by atoms with Crippen molar-refractivity contribution in [2.45, 2.75) is 25.7 Å². The van der Waals surface area contributed by atoms with E-state index in [0.717, 1.165) is 39.3 Å². The first-order valence-electron chi connectivity index (χ1n) is 12.3. The summed E-state index contributed by atoms with van der Waals surface area (Å²) >= 11 is 0. The van der Waals surface area contributed by atoms with E-state index in [0.29, 0.717) is 47.3 Å². The van der Waals surface area contributed by atoms with Gasteiger partial charge in [0, 0.05) is 24.2 Å². The van der Waals surface area contributed by atoms with E-state index < -0.39 is 0 Å².